The Hall–Kier alpha value is -2.50. The maximum Gasteiger partial charge on any atom is 0.262 e. The quantitative estimate of drug-likeness (QED) is 0.829. The summed E-state index contributed by atoms with van der Waals surface area (Å²) in [5.74, 6) is -0.604. The number of carbonyl (C=O) groups is 3. The summed E-state index contributed by atoms with van der Waals surface area (Å²) < 4.78 is 0. The van der Waals surface area contributed by atoms with E-state index in [2.05, 4.69) is 15.8 Å². The molecule has 6 nitrogen and oxygen atoms in total. The van der Waals surface area contributed by atoms with E-state index in [4.69, 9.17) is 0 Å². The van der Waals surface area contributed by atoms with Gasteiger partial charge >= 0.3 is 0 Å². The fourth-order valence-electron chi connectivity index (χ4n) is 2.75. The molecule has 2 amide bonds. The van der Waals surface area contributed by atoms with Crippen LogP contribution in [0.3, 0.4) is 0 Å². The molecule has 0 unspecified atom stereocenters. The second-order valence-electron chi connectivity index (χ2n) is 6.95. The number of ketones is 1. The normalized spacial score (nSPS) is 19.6. The van der Waals surface area contributed by atoms with Crippen LogP contribution in [0.25, 0.3) is 0 Å². The number of rotatable bonds is 4. The number of hydrogen-bond donors (Lipinski definition) is 2. The van der Waals surface area contributed by atoms with E-state index >= 15 is 0 Å². The summed E-state index contributed by atoms with van der Waals surface area (Å²) in [5.41, 5.74) is 3.48. The third-order valence-electron chi connectivity index (χ3n) is 3.86. The van der Waals surface area contributed by atoms with Gasteiger partial charge in [0.05, 0.1) is 0 Å². The van der Waals surface area contributed by atoms with E-state index in [0.29, 0.717) is 24.1 Å². The molecular weight excluding hydrogens is 306 g/mol. The monoisotopic (exact) mass is 329 g/mol. The van der Waals surface area contributed by atoms with Crippen LogP contribution >= 0.6 is 0 Å². The first kappa shape index (κ1) is 17.8. The Morgan fingerprint density at radius 2 is 1.83 bits per heavy atom. The lowest BCUT2D eigenvalue weighted by molar-refractivity contribution is -0.123. The van der Waals surface area contributed by atoms with E-state index in [9.17, 15) is 14.4 Å². The lowest BCUT2D eigenvalue weighted by Crippen LogP contribution is -2.43. The summed E-state index contributed by atoms with van der Waals surface area (Å²) in [5, 5.41) is 6.70. The van der Waals surface area contributed by atoms with Crippen LogP contribution < -0.4 is 10.7 Å². The van der Waals surface area contributed by atoms with E-state index in [-0.39, 0.29) is 23.5 Å². The molecular formula is C18H23N3O3. The molecule has 0 bridgehead atoms. The lowest BCUT2D eigenvalue weighted by Gasteiger charge is -2.29. The van der Waals surface area contributed by atoms with Crippen molar-refractivity contribution in [3.05, 3.63) is 35.9 Å². The highest BCUT2D eigenvalue weighted by molar-refractivity contribution is 6.05. The van der Waals surface area contributed by atoms with Crippen LogP contribution in [0.2, 0.25) is 0 Å². The van der Waals surface area contributed by atoms with Crippen molar-refractivity contribution < 1.29 is 14.4 Å². The maximum absolute atomic E-state index is 12.1. The minimum atomic E-state index is -0.727. The maximum atomic E-state index is 12.1. The number of amides is 2. The number of benzene rings is 1. The molecule has 1 fully saturated rings. The third kappa shape index (κ3) is 5.01. The molecule has 2 N–H and O–H groups in total. The van der Waals surface area contributed by atoms with Crippen molar-refractivity contribution in [2.75, 3.05) is 0 Å². The number of carbonyl (C=O) groups excluding carboxylic acids is 3. The summed E-state index contributed by atoms with van der Waals surface area (Å²) in [6, 6.07) is 7.96. The molecule has 1 aromatic rings. The van der Waals surface area contributed by atoms with Gasteiger partial charge < -0.3 is 5.32 Å². The Labute approximate surface area is 141 Å². The first-order valence-electron chi connectivity index (χ1n) is 8.00. The third-order valence-corrected chi connectivity index (χ3v) is 3.86. The number of Topliss-reactive ketones (excluding diaryl/α,β-unsaturated/α-hetero) is 1. The van der Waals surface area contributed by atoms with E-state index in [1.165, 1.54) is 0 Å². The molecule has 0 heterocycles. The second kappa shape index (κ2) is 7.38. The Kier molecular flexibility index (Phi) is 5.49. The van der Waals surface area contributed by atoms with Gasteiger partial charge in [0.1, 0.15) is 11.8 Å². The highest BCUT2D eigenvalue weighted by Crippen LogP contribution is 2.31. The van der Waals surface area contributed by atoms with E-state index in [0.717, 1.165) is 0 Å². The van der Waals surface area contributed by atoms with Crippen molar-refractivity contribution in [1.82, 2.24) is 10.7 Å². The molecule has 128 valence electrons. The summed E-state index contributed by atoms with van der Waals surface area (Å²) in [7, 11) is 0. The minimum Gasteiger partial charge on any atom is -0.340 e. The summed E-state index contributed by atoms with van der Waals surface area (Å²) in [6.45, 7) is 5.60. The van der Waals surface area contributed by atoms with Gasteiger partial charge in [-0.05, 0) is 30.9 Å². The molecule has 1 atom stereocenters. The zero-order chi connectivity index (χ0) is 17.7. The molecule has 1 aliphatic carbocycles. The summed E-state index contributed by atoms with van der Waals surface area (Å²) in [4.78, 5) is 35.8. The number of hydrogen-bond acceptors (Lipinski definition) is 4. The van der Waals surface area contributed by atoms with Crippen LogP contribution in [0.5, 0.6) is 0 Å². The van der Waals surface area contributed by atoms with Crippen molar-refractivity contribution in [1.29, 1.82) is 0 Å². The van der Waals surface area contributed by atoms with Gasteiger partial charge in [0.2, 0.25) is 0 Å². The van der Waals surface area contributed by atoms with Gasteiger partial charge in [-0.1, -0.05) is 32.0 Å². The van der Waals surface area contributed by atoms with Gasteiger partial charge in [-0.3, -0.25) is 14.4 Å². The van der Waals surface area contributed by atoms with Crippen molar-refractivity contribution in [2.45, 2.75) is 46.1 Å². The first-order valence-corrected chi connectivity index (χ1v) is 8.00. The molecule has 2 rings (SSSR count). The fraction of sp³-hybridized carbons (Fsp3) is 0.444. The minimum absolute atomic E-state index is 0.129. The summed E-state index contributed by atoms with van der Waals surface area (Å²) in [6.07, 6.45) is 1.47. The molecule has 0 aromatic heterocycles. The Morgan fingerprint density at radius 1 is 1.17 bits per heavy atom. The second-order valence-corrected chi connectivity index (χ2v) is 6.95. The van der Waals surface area contributed by atoms with E-state index < -0.39 is 11.9 Å². The molecule has 24 heavy (non-hydrogen) atoms. The average molecular weight is 329 g/mol. The molecule has 6 heteroatoms. The molecule has 0 saturated heterocycles. The Morgan fingerprint density at radius 3 is 2.46 bits per heavy atom. The number of nitrogens with one attached hydrogen (secondary N) is 2. The standard InChI is InChI=1S/C18H23N3O3/c1-12(19-17(24)13-7-5-4-6-8-13)16(23)21-20-14-9-15(22)11-18(2,3)10-14/h4-8,12H,9-11H2,1-3H3,(H,19,24)(H,21,23)/b20-14+/t12-/m0/s1. The van der Waals surface area contributed by atoms with Gasteiger partial charge in [0.15, 0.2) is 0 Å². The van der Waals surface area contributed by atoms with Crippen molar-refractivity contribution in [3.8, 4) is 0 Å². The molecule has 0 spiro atoms. The highest BCUT2D eigenvalue weighted by Gasteiger charge is 2.30. The summed E-state index contributed by atoms with van der Waals surface area (Å²) >= 11 is 0. The predicted octanol–water partition coefficient (Wildman–Crippen LogP) is 2.06. The molecule has 0 aliphatic heterocycles. The zero-order valence-corrected chi connectivity index (χ0v) is 14.3. The lowest BCUT2D eigenvalue weighted by atomic mass is 9.76. The van der Waals surface area contributed by atoms with Gasteiger partial charge in [0.25, 0.3) is 11.8 Å². The molecule has 1 saturated carbocycles. The van der Waals surface area contributed by atoms with Crippen LogP contribution in [-0.2, 0) is 9.59 Å². The Balaban J connectivity index is 1.91. The largest absolute Gasteiger partial charge is 0.340 e. The van der Waals surface area contributed by atoms with Crippen LogP contribution in [-0.4, -0.2) is 29.4 Å². The topological polar surface area (TPSA) is 87.6 Å². The highest BCUT2D eigenvalue weighted by atomic mass is 16.2. The van der Waals surface area contributed by atoms with Gasteiger partial charge in [-0.2, -0.15) is 5.10 Å². The van der Waals surface area contributed by atoms with E-state index in [1.807, 2.05) is 19.9 Å². The van der Waals surface area contributed by atoms with E-state index in [1.54, 1.807) is 31.2 Å². The smallest absolute Gasteiger partial charge is 0.262 e. The average Bonchev–Trinajstić information content (AvgIpc) is 2.51. The van der Waals surface area contributed by atoms with Crippen molar-refractivity contribution in [2.24, 2.45) is 10.5 Å². The zero-order valence-electron chi connectivity index (χ0n) is 14.3. The molecule has 0 radical (unpaired) electrons. The Bertz CT molecular complexity index is 665. The van der Waals surface area contributed by atoms with Gasteiger partial charge in [-0.15, -0.1) is 0 Å². The number of hydrazone groups is 1. The molecule has 1 aromatic carbocycles. The van der Waals surface area contributed by atoms with Crippen LogP contribution in [0, 0.1) is 5.41 Å². The predicted molar refractivity (Wildman–Crippen MR) is 91.6 cm³/mol. The fourth-order valence-corrected chi connectivity index (χ4v) is 2.75. The first-order chi connectivity index (χ1) is 11.3. The van der Waals surface area contributed by atoms with Gasteiger partial charge in [-0.25, -0.2) is 5.43 Å². The van der Waals surface area contributed by atoms with Gasteiger partial charge in [0, 0.05) is 24.1 Å². The van der Waals surface area contributed by atoms with Crippen molar-refractivity contribution >= 4 is 23.3 Å². The van der Waals surface area contributed by atoms with Crippen LogP contribution in [0.1, 0.15) is 50.4 Å². The number of nitrogens with zero attached hydrogens (tertiary/aromatic N) is 1. The van der Waals surface area contributed by atoms with Crippen molar-refractivity contribution in [3.63, 3.8) is 0 Å². The SMILES string of the molecule is C[C@H](NC(=O)c1ccccc1)C(=O)N/N=C1\CC(=O)CC(C)(C)C1. The molecule has 1 aliphatic rings. The van der Waals surface area contributed by atoms with Crippen LogP contribution in [0.4, 0.5) is 0 Å². The van der Waals surface area contributed by atoms with Crippen LogP contribution in [0.15, 0.2) is 35.4 Å².